The van der Waals surface area contributed by atoms with Gasteiger partial charge in [-0.15, -0.1) is 0 Å². The average molecular weight is 298 g/mol. The summed E-state index contributed by atoms with van der Waals surface area (Å²) < 4.78 is 28.8. The summed E-state index contributed by atoms with van der Waals surface area (Å²) in [5.74, 6) is 0. The third-order valence-corrected chi connectivity index (χ3v) is 4.48. The van der Waals surface area contributed by atoms with E-state index in [4.69, 9.17) is 4.74 Å². The van der Waals surface area contributed by atoms with Gasteiger partial charge in [0.2, 0.25) is 0 Å². The van der Waals surface area contributed by atoms with Crippen LogP contribution in [0.5, 0.6) is 0 Å². The van der Waals surface area contributed by atoms with Gasteiger partial charge >= 0.3 is 0 Å². The first-order valence-corrected chi connectivity index (χ1v) is 8.71. The van der Waals surface area contributed by atoms with Gasteiger partial charge in [0.15, 0.2) is 9.84 Å². The molecule has 1 saturated heterocycles. The van der Waals surface area contributed by atoms with Crippen LogP contribution in [0.4, 0.5) is 5.69 Å². The quantitative estimate of drug-likeness (QED) is 0.886. The van der Waals surface area contributed by atoms with Crippen molar-refractivity contribution in [2.24, 2.45) is 0 Å². The van der Waals surface area contributed by atoms with Crippen molar-refractivity contribution in [3.8, 4) is 0 Å². The predicted molar refractivity (Wildman–Crippen MR) is 79.9 cm³/mol. The van der Waals surface area contributed by atoms with E-state index >= 15 is 0 Å². The number of nitrogens with zero attached hydrogens (tertiary/aromatic N) is 1. The van der Waals surface area contributed by atoms with Gasteiger partial charge in [-0.1, -0.05) is 12.1 Å². The lowest BCUT2D eigenvalue weighted by molar-refractivity contribution is 0.0368. The normalized spacial score (nSPS) is 18.7. The molecular formula is C14H22N2O3S. The van der Waals surface area contributed by atoms with Crippen molar-refractivity contribution >= 4 is 15.5 Å². The Bertz CT molecular complexity index is 539. The maximum atomic E-state index is 11.8. The van der Waals surface area contributed by atoms with Crippen LogP contribution >= 0.6 is 0 Å². The zero-order chi connectivity index (χ0) is 14.6. The van der Waals surface area contributed by atoms with Gasteiger partial charge in [0.05, 0.1) is 23.8 Å². The molecule has 0 saturated carbocycles. The number of sulfone groups is 1. The highest BCUT2D eigenvalue weighted by molar-refractivity contribution is 7.90. The SMILES string of the molecule is CC(CN1CCOCC1)Nc1ccccc1S(C)(=O)=O. The molecule has 0 spiro atoms. The Hall–Kier alpha value is -1.11. The van der Waals surface area contributed by atoms with E-state index in [9.17, 15) is 8.42 Å². The third-order valence-electron chi connectivity index (χ3n) is 3.32. The third kappa shape index (κ3) is 4.19. The molecule has 1 fully saturated rings. The zero-order valence-electron chi connectivity index (χ0n) is 12.0. The molecule has 5 nitrogen and oxygen atoms in total. The van der Waals surface area contributed by atoms with Crippen LogP contribution in [-0.2, 0) is 14.6 Å². The second-order valence-corrected chi connectivity index (χ2v) is 7.21. The second kappa shape index (κ2) is 6.56. The molecule has 0 amide bonds. The summed E-state index contributed by atoms with van der Waals surface area (Å²) in [6, 6.07) is 7.22. The first kappa shape index (κ1) is 15.3. The maximum Gasteiger partial charge on any atom is 0.177 e. The molecule has 1 aliphatic rings. The molecule has 6 heteroatoms. The second-order valence-electron chi connectivity index (χ2n) is 5.23. The van der Waals surface area contributed by atoms with Crippen molar-refractivity contribution < 1.29 is 13.2 Å². The summed E-state index contributed by atoms with van der Waals surface area (Å²) in [6.07, 6.45) is 1.24. The first-order chi connectivity index (χ1) is 9.47. The van der Waals surface area contributed by atoms with Crippen molar-refractivity contribution in [1.82, 2.24) is 4.90 Å². The van der Waals surface area contributed by atoms with Crippen molar-refractivity contribution in [1.29, 1.82) is 0 Å². The van der Waals surface area contributed by atoms with Crippen LogP contribution in [0.1, 0.15) is 6.92 Å². The number of hydrogen-bond donors (Lipinski definition) is 1. The number of anilines is 1. The molecule has 1 atom stereocenters. The van der Waals surface area contributed by atoms with E-state index in [2.05, 4.69) is 17.1 Å². The van der Waals surface area contributed by atoms with Gasteiger partial charge in [0, 0.05) is 31.9 Å². The van der Waals surface area contributed by atoms with Crippen molar-refractivity contribution in [3.05, 3.63) is 24.3 Å². The van der Waals surface area contributed by atoms with Crippen molar-refractivity contribution in [2.75, 3.05) is 44.4 Å². The highest BCUT2D eigenvalue weighted by atomic mass is 32.2. The lowest BCUT2D eigenvalue weighted by Crippen LogP contribution is -2.42. The number of nitrogens with one attached hydrogen (secondary N) is 1. The highest BCUT2D eigenvalue weighted by Crippen LogP contribution is 2.21. The fourth-order valence-corrected chi connectivity index (χ4v) is 3.24. The molecule has 1 aromatic rings. The first-order valence-electron chi connectivity index (χ1n) is 6.82. The van der Waals surface area contributed by atoms with E-state index < -0.39 is 9.84 Å². The highest BCUT2D eigenvalue weighted by Gasteiger charge is 2.17. The summed E-state index contributed by atoms with van der Waals surface area (Å²) in [7, 11) is -3.21. The fraction of sp³-hybridized carbons (Fsp3) is 0.571. The average Bonchev–Trinajstić information content (AvgIpc) is 2.39. The molecule has 0 radical (unpaired) electrons. The molecular weight excluding hydrogens is 276 g/mol. The van der Waals surface area contributed by atoms with Crippen LogP contribution in [0.25, 0.3) is 0 Å². The Morgan fingerprint density at radius 2 is 1.95 bits per heavy atom. The minimum atomic E-state index is -3.21. The summed E-state index contributed by atoms with van der Waals surface area (Å²) in [4.78, 5) is 2.68. The minimum Gasteiger partial charge on any atom is -0.380 e. The molecule has 2 rings (SSSR count). The molecule has 112 valence electrons. The zero-order valence-corrected chi connectivity index (χ0v) is 12.8. The molecule has 1 N–H and O–H groups in total. The van der Waals surface area contributed by atoms with E-state index in [-0.39, 0.29) is 6.04 Å². The molecule has 0 aliphatic carbocycles. The van der Waals surface area contributed by atoms with Crippen LogP contribution in [-0.4, -0.2) is 58.5 Å². The van der Waals surface area contributed by atoms with Crippen LogP contribution in [0.3, 0.4) is 0 Å². The van der Waals surface area contributed by atoms with Crippen molar-refractivity contribution in [3.63, 3.8) is 0 Å². The standard InChI is InChI=1S/C14H22N2O3S/c1-12(11-16-7-9-19-10-8-16)15-13-5-3-4-6-14(13)20(2,17)18/h3-6,12,15H,7-11H2,1-2H3. The van der Waals surface area contributed by atoms with E-state index in [1.54, 1.807) is 12.1 Å². The van der Waals surface area contributed by atoms with E-state index in [1.165, 1.54) is 6.26 Å². The number of rotatable bonds is 5. The molecule has 0 aromatic heterocycles. The summed E-state index contributed by atoms with van der Waals surface area (Å²) in [5.41, 5.74) is 0.677. The van der Waals surface area contributed by atoms with E-state index in [1.807, 2.05) is 12.1 Å². The summed E-state index contributed by atoms with van der Waals surface area (Å²) in [6.45, 7) is 6.34. The Labute approximate surface area is 120 Å². The van der Waals surface area contributed by atoms with Crippen LogP contribution in [0, 0.1) is 0 Å². The topological polar surface area (TPSA) is 58.6 Å². The molecule has 0 bridgehead atoms. The maximum absolute atomic E-state index is 11.8. The van der Waals surface area contributed by atoms with Gasteiger partial charge in [-0.2, -0.15) is 0 Å². The number of hydrogen-bond acceptors (Lipinski definition) is 5. The minimum absolute atomic E-state index is 0.177. The van der Waals surface area contributed by atoms with Crippen LogP contribution < -0.4 is 5.32 Å². The van der Waals surface area contributed by atoms with Gasteiger partial charge in [-0.3, -0.25) is 4.90 Å². The van der Waals surface area contributed by atoms with Crippen LogP contribution in [0.2, 0.25) is 0 Å². The lowest BCUT2D eigenvalue weighted by atomic mass is 10.2. The van der Waals surface area contributed by atoms with Gasteiger partial charge in [0.1, 0.15) is 0 Å². The molecule has 1 unspecified atom stereocenters. The molecule has 1 aliphatic heterocycles. The van der Waals surface area contributed by atoms with Gasteiger partial charge in [-0.05, 0) is 19.1 Å². The monoisotopic (exact) mass is 298 g/mol. The fourth-order valence-electron chi connectivity index (χ4n) is 2.39. The Morgan fingerprint density at radius 3 is 2.60 bits per heavy atom. The molecule has 20 heavy (non-hydrogen) atoms. The summed E-state index contributed by atoms with van der Waals surface area (Å²) in [5, 5.41) is 3.30. The molecule has 1 aromatic carbocycles. The smallest absolute Gasteiger partial charge is 0.177 e. The Morgan fingerprint density at radius 1 is 1.30 bits per heavy atom. The molecule has 1 heterocycles. The van der Waals surface area contributed by atoms with Gasteiger partial charge < -0.3 is 10.1 Å². The van der Waals surface area contributed by atoms with Crippen LogP contribution in [0.15, 0.2) is 29.2 Å². The Kier molecular flexibility index (Phi) is 5.01. The number of ether oxygens (including phenoxy) is 1. The van der Waals surface area contributed by atoms with Gasteiger partial charge in [-0.25, -0.2) is 8.42 Å². The van der Waals surface area contributed by atoms with Gasteiger partial charge in [0.25, 0.3) is 0 Å². The van der Waals surface area contributed by atoms with E-state index in [0.29, 0.717) is 10.6 Å². The number of benzene rings is 1. The largest absolute Gasteiger partial charge is 0.380 e. The predicted octanol–water partition coefficient (Wildman–Crippen LogP) is 1.22. The van der Waals surface area contributed by atoms with E-state index in [0.717, 1.165) is 32.8 Å². The summed E-state index contributed by atoms with van der Waals surface area (Å²) >= 11 is 0. The Balaban J connectivity index is 2.02. The lowest BCUT2D eigenvalue weighted by Gasteiger charge is -2.30. The van der Waals surface area contributed by atoms with Crippen molar-refractivity contribution in [2.45, 2.75) is 17.9 Å². The number of para-hydroxylation sites is 1. The number of morpholine rings is 1.